The molecule has 1 aliphatic heterocycles. The van der Waals surface area contributed by atoms with Crippen LogP contribution in [0, 0.1) is 24.2 Å². The Balaban J connectivity index is 0.952. The van der Waals surface area contributed by atoms with Crippen molar-refractivity contribution >= 4 is 61.9 Å². The Morgan fingerprint density at radius 1 is 1.07 bits per heavy atom. The molecular weight excluding hydrogens is 737 g/mol. The number of anilines is 1. The molecule has 0 amide bonds. The van der Waals surface area contributed by atoms with Gasteiger partial charge >= 0.3 is 5.97 Å². The van der Waals surface area contributed by atoms with Crippen molar-refractivity contribution in [3.05, 3.63) is 155 Å². The van der Waals surface area contributed by atoms with E-state index >= 15 is 0 Å². The third-order valence-electron chi connectivity index (χ3n) is 10.6. The van der Waals surface area contributed by atoms with E-state index in [-0.39, 0.29) is 28.3 Å². The molecule has 0 fully saturated rings. The van der Waals surface area contributed by atoms with E-state index in [0.717, 1.165) is 27.1 Å². The number of ketones is 1. The number of terminal acetylenes is 1. The zero-order valence-electron chi connectivity index (χ0n) is 30.8. The Hall–Kier alpha value is -6.81. The summed E-state index contributed by atoms with van der Waals surface area (Å²) in [6.45, 7) is 2.41. The SMILES string of the molecule is C#CC(Cc1cn(Cc2c3ccccc3cc3ccccc23)nn1)C(N)C(C)NC(=S)Nc1ccc(C2=C3C=CC(=O)C=C3OC3C=C(O)C=CC23)c(C(=O)O)c1. The van der Waals surface area contributed by atoms with E-state index in [2.05, 4.69) is 57.2 Å². The highest BCUT2D eigenvalue weighted by Crippen LogP contribution is 2.45. The predicted molar refractivity (Wildman–Crippen MR) is 224 cm³/mol. The fourth-order valence-corrected chi connectivity index (χ4v) is 8.12. The number of hydrogen-bond acceptors (Lipinski definition) is 8. The van der Waals surface area contributed by atoms with Gasteiger partial charge in [0.2, 0.25) is 0 Å². The zero-order valence-corrected chi connectivity index (χ0v) is 31.6. The van der Waals surface area contributed by atoms with E-state index in [0.29, 0.717) is 46.8 Å². The molecule has 8 rings (SSSR count). The Morgan fingerprint density at radius 2 is 1.81 bits per heavy atom. The van der Waals surface area contributed by atoms with Crippen LogP contribution < -0.4 is 16.4 Å². The number of thiocarbonyl (C=S) groups is 1. The van der Waals surface area contributed by atoms with E-state index in [4.69, 9.17) is 29.1 Å². The summed E-state index contributed by atoms with van der Waals surface area (Å²) >= 11 is 5.64. The van der Waals surface area contributed by atoms with E-state index < -0.39 is 30.0 Å². The molecule has 0 saturated heterocycles. The van der Waals surface area contributed by atoms with Crippen molar-refractivity contribution in [2.75, 3.05) is 5.32 Å². The predicted octanol–water partition coefficient (Wildman–Crippen LogP) is 6.63. The van der Waals surface area contributed by atoms with Crippen LogP contribution in [-0.2, 0) is 22.5 Å². The van der Waals surface area contributed by atoms with Crippen molar-refractivity contribution in [3.63, 3.8) is 0 Å². The van der Waals surface area contributed by atoms with Crippen LogP contribution in [0.2, 0.25) is 0 Å². The van der Waals surface area contributed by atoms with E-state index in [1.165, 1.54) is 18.2 Å². The summed E-state index contributed by atoms with van der Waals surface area (Å²) in [6.07, 6.45) is 17.0. The number of aliphatic hydroxyl groups is 1. The second-order valence-corrected chi connectivity index (χ2v) is 14.8. The quantitative estimate of drug-likeness (QED) is 0.0588. The number of fused-ring (bicyclic) bond motifs is 4. The highest BCUT2D eigenvalue weighted by atomic mass is 32.1. The number of carboxylic acid groups (broad SMARTS) is 1. The minimum atomic E-state index is -1.15. The Labute approximate surface area is 333 Å². The lowest BCUT2D eigenvalue weighted by Gasteiger charge is -2.36. The van der Waals surface area contributed by atoms with Gasteiger partial charge in [0.1, 0.15) is 17.6 Å². The van der Waals surface area contributed by atoms with Gasteiger partial charge in [0.05, 0.1) is 17.8 Å². The molecular formula is C45H38N6O5S. The molecule has 6 N–H and O–H groups in total. The van der Waals surface area contributed by atoms with Gasteiger partial charge in [0, 0.05) is 53.9 Å². The molecule has 5 unspecified atom stereocenters. The Bertz CT molecular complexity index is 2630. The summed E-state index contributed by atoms with van der Waals surface area (Å²) in [5, 5.41) is 40.6. The number of allylic oxidation sites excluding steroid dienone is 4. The molecule has 2 heterocycles. The second-order valence-electron chi connectivity index (χ2n) is 14.3. The molecule has 11 nitrogen and oxygen atoms in total. The fraction of sp³-hybridized carbons (Fsp3) is 0.178. The molecule has 4 aromatic carbocycles. The third kappa shape index (κ3) is 7.46. The number of ether oxygens (including phenoxy) is 1. The standard InChI is InChI=1S/C45H38N6O5S/c1-3-26(19-30-23-51(50-49-30)24-39-33-10-6-4-8-27(33)18-28-9-5-7-11-34(28)39)43(46)25(2)47-45(57)48-29-12-15-35(38(20-29)44(54)55)42-36-16-13-31(52)21-40(36)56-41-22-32(53)14-17-37(41)42/h1,4-18,20-23,25-26,36,40,43,52H,19,24,46H2,2H3,(H,54,55)(H2,47,48,57). The number of carbonyl (C=O) groups excluding carboxylic acids is 1. The number of hydrogen-bond donors (Lipinski definition) is 5. The molecule has 284 valence electrons. The van der Waals surface area contributed by atoms with Crippen LogP contribution in [0.15, 0.2) is 133 Å². The number of nitrogens with two attached hydrogens (primary N) is 1. The van der Waals surface area contributed by atoms with Crippen LogP contribution in [-0.4, -0.2) is 60.3 Å². The average molecular weight is 775 g/mol. The summed E-state index contributed by atoms with van der Waals surface area (Å²) < 4.78 is 7.88. The maximum absolute atomic E-state index is 12.7. The Kier molecular flexibility index (Phi) is 10.0. The molecule has 57 heavy (non-hydrogen) atoms. The highest BCUT2D eigenvalue weighted by Gasteiger charge is 2.37. The second kappa shape index (κ2) is 15.4. The minimum Gasteiger partial charge on any atom is -0.508 e. The van der Waals surface area contributed by atoms with Crippen molar-refractivity contribution in [1.82, 2.24) is 20.3 Å². The van der Waals surface area contributed by atoms with Crippen molar-refractivity contribution in [3.8, 4) is 12.3 Å². The number of aliphatic hydroxyl groups excluding tert-OH is 1. The molecule has 0 bridgehead atoms. The first-order valence-electron chi connectivity index (χ1n) is 18.5. The van der Waals surface area contributed by atoms with Gasteiger partial charge in [-0.25, -0.2) is 9.48 Å². The zero-order chi connectivity index (χ0) is 39.8. The third-order valence-corrected chi connectivity index (χ3v) is 10.9. The van der Waals surface area contributed by atoms with E-state index in [9.17, 15) is 19.8 Å². The van der Waals surface area contributed by atoms with Gasteiger partial charge in [-0.3, -0.25) is 4.79 Å². The fourth-order valence-electron chi connectivity index (χ4n) is 7.81. The normalized spacial score (nSPS) is 18.7. The van der Waals surface area contributed by atoms with Crippen LogP contribution in [0.25, 0.3) is 27.1 Å². The molecule has 0 radical (unpaired) electrons. The first-order valence-corrected chi connectivity index (χ1v) is 18.9. The van der Waals surface area contributed by atoms with Gasteiger partial charge in [-0.2, -0.15) is 0 Å². The van der Waals surface area contributed by atoms with Gasteiger partial charge in [-0.15, -0.1) is 17.4 Å². The largest absolute Gasteiger partial charge is 0.508 e. The average Bonchev–Trinajstić information content (AvgIpc) is 3.65. The lowest BCUT2D eigenvalue weighted by molar-refractivity contribution is -0.110. The van der Waals surface area contributed by atoms with Gasteiger partial charge in [-0.05, 0) is 99.9 Å². The van der Waals surface area contributed by atoms with Crippen LogP contribution in [0.5, 0.6) is 0 Å². The number of nitrogens with one attached hydrogen (secondary N) is 2. The van der Waals surface area contributed by atoms with Gasteiger partial charge < -0.3 is 31.3 Å². The van der Waals surface area contributed by atoms with Crippen molar-refractivity contribution in [2.45, 2.75) is 38.1 Å². The lowest BCUT2D eigenvalue weighted by Crippen LogP contribution is -2.50. The van der Waals surface area contributed by atoms with Crippen LogP contribution >= 0.6 is 12.2 Å². The number of nitrogens with zero attached hydrogens (tertiary/aromatic N) is 3. The molecule has 1 aromatic heterocycles. The number of carboxylic acids is 1. The molecule has 3 aliphatic rings. The van der Waals surface area contributed by atoms with Crippen molar-refractivity contribution < 1.29 is 24.5 Å². The molecule has 0 spiro atoms. The summed E-state index contributed by atoms with van der Waals surface area (Å²) in [5.74, 6) is 0.954. The first-order chi connectivity index (χ1) is 27.6. The van der Waals surface area contributed by atoms with E-state index in [1.807, 2.05) is 42.1 Å². The number of benzene rings is 4. The summed E-state index contributed by atoms with van der Waals surface area (Å²) in [6, 6.07) is 22.9. The topological polar surface area (TPSA) is 165 Å². The van der Waals surface area contributed by atoms with Gasteiger partial charge in [-0.1, -0.05) is 65.9 Å². The minimum absolute atomic E-state index is 0.0154. The smallest absolute Gasteiger partial charge is 0.336 e. The van der Waals surface area contributed by atoms with Gasteiger partial charge in [0.25, 0.3) is 0 Å². The molecule has 2 aliphatic carbocycles. The van der Waals surface area contributed by atoms with Gasteiger partial charge in [0.15, 0.2) is 10.9 Å². The maximum atomic E-state index is 12.7. The van der Waals surface area contributed by atoms with Crippen LogP contribution in [0.4, 0.5) is 5.69 Å². The molecule has 12 heteroatoms. The van der Waals surface area contributed by atoms with E-state index in [1.54, 1.807) is 36.4 Å². The van der Waals surface area contributed by atoms with Crippen LogP contribution in [0.1, 0.15) is 34.1 Å². The van der Waals surface area contributed by atoms with Crippen LogP contribution in [0.3, 0.4) is 0 Å². The summed E-state index contributed by atoms with van der Waals surface area (Å²) in [7, 11) is 0. The highest BCUT2D eigenvalue weighted by molar-refractivity contribution is 7.80. The van der Waals surface area contributed by atoms with Crippen molar-refractivity contribution in [1.29, 1.82) is 0 Å². The Morgan fingerprint density at radius 3 is 2.53 bits per heavy atom. The maximum Gasteiger partial charge on any atom is 0.336 e. The molecule has 5 aromatic rings. The lowest BCUT2D eigenvalue weighted by atomic mass is 9.77. The summed E-state index contributed by atoms with van der Waals surface area (Å²) in [5.41, 5.74) is 10.7. The number of aromatic nitrogens is 3. The molecule has 0 saturated carbocycles. The monoisotopic (exact) mass is 774 g/mol. The number of rotatable bonds is 10. The van der Waals surface area contributed by atoms with Crippen molar-refractivity contribution in [2.24, 2.45) is 17.6 Å². The molecule has 5 atom stereocenters. The number of carbonyl (C=O) groups is 2. The number of aromatic carboxylic acids is 1. The summed E-state index contributed by atoms with van der Waals surface area (Å²) in [4.78, 5) is 24.9. The first kappa shape index (κ1) is 37.1.